The van der Waals surface area contributed by atoms with Crippen molar-refractivity contribution in [3.05, 3.63) is 54.1 Å². The summed E-state index contributed by atoms with van der Waals surface area (Å²) in [5, 5.41) is 0. The standard InChI is InChI=1S/C20H21NO5/c1-14-11-15-7-3-4-8-16(15)21(14)19(22)12-26-20(23)13-25-18-10-6-5-9-17(18)24-2/h3-10,14H,11-13H2,1-2H3. The lowest BCUT2D eigenvalue weighted by atomic mass is 10.1. The zero-order valence-electron chi connectivity index (χ0n) is 14.8. The first-order valence-electron chi connectivity index (χ1n) is 8.41. The number of hydrogen-bond acceptors (Lipinski definition) is 5. The molecule has 6 heteroatoms. The molecule has 1 aliphatic heterocycles. The number of amides is 1. The van der Waals surface area contributed by atoms with E-state index in [1.807, 2.05) is 31.2 Å². The van der Waals surface area contributed by atoms with Crippen LogP contribution in [0.5, 0.6) is 11.5 Å². The summed E-state index contributed by atoms with van der Waals surface area (Å²) in [6.45, 7) is 1.37. The van der Waals surface area contributed by atoms with Crippen LogP contribution in [0.1, 0.15) is 12.5 Å². The second-order valence-corrected chi connectivity index (χ2v) is 6.05. The second kappa shape index (κ2) is 7.91. The smallest absolute Gasteiger partial charge is 0.344 e. The predicted molar refractivity (Wildman–Crippen MR) is 96.5 cm³/mol. The summed E-state index contributed by atoms with van der Waals surface area (Å²) in [5.41, 5.74) is 2.01. The van der Waals surface area contributed by atoms with Crippen LogP contribution in [0.3, 0.4) is 0 Å². The molecule has 0 spiro atoms. The summed E-state index contributed by atoms with van der Waals surface area (Å²) in [6.07, 6.45) is 0.798. The molecule has 1 unspecified atom stereocenters. The Kier molecular flexibility index (Phi) is 5.41. The number of methoxy groups -OCH3 is 1. The van der Waals surface area contributed by atoms with Gasteiger partial charge >= 0.3 is 5.97 Å². The van der Waals surface area contributed by atoms with E-state index < -0.39 is 5.97 Å². The summed E-state index contributed by atoms with van der Waals surface area (Å²) in [7, 11) is 1.52. The van der Waals surface area contributed by atoms with E-state index in [0.717, 1.165) is 17.7 Å². The summed E-state index contributed by atoms with van der Waals surface area (Å²) in [5.74, 6) is 0.122. The lowest BCUT2D eigenvalue weighted by Gasteiger charge is -2.22. The van der Waals surface area contributed by atoms with Gasteiger partial charge in [0.05, 0.1) is 7.11 Å². The molecule has 6 nitrogen and oxygen atoms in total. The number of benzene rings is 2. The molecule has 0 bridgehead atoms. The maximum absolute atomic E-state index is 12.5. The van der Waals surface area contributed by atoms with Crippen LogP contribution in [0.25, 0.3) is 0 Å². The van der Waals surface area contributed by atoms with Crippen LogP contribution in [0, 0.1) is 0 Å². The van der Waals surface area contributed by atoms with Crippen molar-refractivity contribution in [1.29, 1.82) is 0 Å². The number of carbonyl (C=O) groups is 2. The van der Waals surface area contributed by atoms with E-state index in [2.05, 4.69) is 0 Å². The van der Waals surface area contributed by atoms with Crippen molar-refractivity contribution in [2.45, 2.75) is 19.4 Å². The lowest BCUT2D eigenvalue weighted by molar-refractivity contribution is -0.149. The van der Waals surface area contributed by atoms with E-state index in [4.69, 9.17) is 14.2 Å². The molecule has 1 amide bonds. The highest BCUT2D eigenvalue weighted by Crippen LogP contribution is 2.31. The van der Waals surface area contributed by atoms with E-state index in [1.165, 1.54) is 7.11 Å². The highest BCUT2D eigenvalue weighted by Gasteiger charge is 2.30. The molecule has 136 valence electrons. The molecule has 1 aliphatic rings. The third-order valence-corrected chi connectivity index (χ3v) is 4.25. The number of fused-ring (bicyclic) bond motifs is 1. The fourth-order valence-electron chi connectivity index (χ4n) is 3.07. The first-order chi connectivity index (χ1) is 12.6. The van der Waals surface area contributed by atoms with Gasteiger partial charge in [0.2, 0.25) is 0 Å². The molecule has 0 saturated heterocycles. The summed E-state index contributed by atoms with van der Waals surface area (Å²) < 4.78 is 15.6. The number of rotatable bonds is 6. The van der Waals surface area contributed by atoms with E-state index in [0.29, 0.717) is 11.5 Å². The van der Waals surface area contributed by atoms with Crippen molar-refractivity contribution < 1.29 is 23.8 Å². The van der Waals surface area contributed by atoms with Gasteiger partial charge in [-0.1, -0.05) is 30.3 Å². The highest BCUT2D eigenvalue weighted by molar-refractivity contribution is 5.97. The molecule has 1 atom stereocenters. The van der Waals surface area contributed by atoms with Crippen molar-refractivity contribution in [3.63, 3.8) is 0 Å². The van der Waals surface area contributed by atoms with E-state index in [1.54, 1.807) is 29.2 Å². The number of nitrogens with zero attached hydrogens (tertiary/aromatic N) is 1. The molecular weight excluding hydrogens is 334 g/mol. The normalized spacial score (nSPS) is 15.3. The molecule has 0 radical (unpaired) electrons. The fourth-order valence-corrected chi connectivity index (χ4v) is 3.07. The van der Waals surface area contributed by atoms with Crippen LogP contribution in [0.15, 0.2) is 48.5 Å². The zero-order valence-corrected chi connectivity index (χ0v) is 14.8. The fraction of sp³-hybridized carbons (Fsp3) is 0.300. The van der Waals surface area contributed by atoms with E-state index >= 15 is 0 Å². The zero-order chi connectivity index (χ0) is 18.5. The number of esters is 1. The maximum Gasteiger partial charge on any atom is 0.344 e. The van der Waals surface area contributed by atoms with E-state index in [-0.39, 0.29) is 25.2 Å². The molecule has 1 heterocycles. The summed E-state index contributed by atoms with van der Waals surface area (Å²) in [4.78, 5) is 26.1. The third-order valence-electron chi connectivity index (χ3n) is 4.25. The largest absolute Gasteiger partial charge is 0.493 e. The minimum Gasteiger partial charge on any atom is -0.493 e. The Morgan fingerprint density at radius 3 is 2.50 bits per heavy atom. The molecule has 2 aromatic carbocycles. The van der Waals surface area contributed by atoms with Gasteiger partial charge in [0.25, 0.3) is 5.91 Å². The Hall–Kier alpha value is -3.02. The highest BCUT2D eigenvalue weighted by atomic mass is 16.6. The van der Waals surface area contributed by atoms with Gasteiger partial charge in [0.15, 0.2) is 24.7 Å². The van der Waals surface area contributed by atoms with Gasteiger partial charge in [-0.05, 0) is 37.1 Å². The molecule has 0 aromatic heterocycles. The number of carbonyl (C=O) groups excluding carboxylic acids is 2. The summed E-state index contributed by atoms with van der Waals surface area (Å²) in [6, 6.07) is 14.8. The quantitative estimate of drug-likeness (QED) is 0.745. The second-order valence-electron chi connectivity index (χ2n) is 6.05. The molecule has 0 saturated carbocycles. The predicted octanol–water partition coefficient (Wildman–Crippen LogP) is 2.60. The van der Waals surface area contributed by atoms with Gasteiger partial charge in [0.1, 0.15) is 0 Å². The number of para-hydroxylation sites is 3. The molecule has 0 N–H and O–H groups in total. The van der Waals surface area contributed by atoms with Gasteiger partial charge in [-0.3, -0.25) is 4.79 Å². The van der Waals surface area contributed by atoms with E-state index in [9.17, 15) is 9.59 Å². The maximum atomic E-state index is 12.5. The summed E-state index contributed by atoms with van der Waals surface area (Å²) >= 11 is 0. The Labute approximate surface area is 152 Å². The Morgan fingerprint density at radius 1 is 1.04 bits per heavy atom. The minimum absolute atomic E-state index is 0.0448. The Morgan fingerprint density at radius 2 is 1.73 bits per heavy atom. The van der Waals surface area contributed by atoms with Crippen molar-refractivity contribution in [3.8, 4) is 11.5 Å². The minimum atomic E-state index is -0.607. The molecule has 0 fully saturated rings. The first kappa shape index (κ1) is 17.8. The molecule has 0 aliphatic carbocycles. The first-order valence-corrected chi connectivity index (χ1v) is 8.41. The van der Waals surface area contributed by atoms with Gasteiger partial charge in [-0.15, -0.1) is 0 Å². The SMILES string of the molecule is COc1ccccc1OCC(=O)OCC(=O)N1c2ccccc2CC1C. The lowest BCUT2D eigenvalue weighted by Crippen LogP contribution is -2.39. The van der Waals surface area contributed by atoms with Crippen LogP contribution in [0.2, 0.25) is 0 Å². The Bertz CT molecular complexity index is 804. The number of hydrogen-bond donors (Lipinski definition) is 0. The van der Waals surface area contributed by atoms with Crippen LogP contribution in [-0.2, 0) is 20.7 Å². The monoisotopic (exact) mass is 355 g/mol. The van der Waals surface area contributed by atoms with Gasteiger partial charge in [0, 0.05) is 11.7 Å². The van der Waals surface area contributed by atoms with Crippen LogP contribution in [0.4, 0.5) is 5.69 Å². The average Bonchev–Trinajstić information content (AvgIpc) is 3.00. The van der Waals surface area contributed by atoms with Gasteiger partial charge < -0.3 is 19.1 Å². The molecular formula is C20H21NO5. The van der Waals surface area contributed by atoms with Gasteiger partial charge in [-0.2, -0.15) is 0 Å². The topological polar surface area (TPSA) is 65.1 Å². The van der Waals surface area contributed by atoms with Crippen molar-refractivity contribution in [2.75, 3.05) is 25.2 Å². The molecule has 2 aromatic rings. The van der Waals surface area contributed by atoms with Crippen LogP contribution < -0.4 is 14.4 Å². The van der Waals surface area contributed by atoms with Gasteiger partial charge in [-0.25, -0.2) is 4.79 Å². The number of ether oxygens (including phenoxy) is 3. The number of anilines is 1. The average molecular weight is 355 g/mol. The molecule has 26 heavy (non-hydrogen) atoms. The van der Waals surface area contributed by atoms with Crippen molar-refractivity contribution in [2.24, 2.45) is 0 Å². The van der Waals surface area contributed by atoms with Crippen molar-refractivity contribution in [1.82, 2.24) is 0 Å². The van der Waals surface area contributed by atoms with Crippen molar-refractivity contribution >= 4 is 17.6 Å². The molecule has 3 rings (SSSR count). The van der Waals surface area contributed by atoms with Crippen LogP contribution >= 0.6 is 0 Å². The third kappa shape index (κ3) is 3.79. The Balaban J connectivity index is 1.52. The van der Waals surface area contributed by atoms with Crippen LogP contribution in [-0.4, -0.2) is 38.2 Å².